The highest BCUT2D eigenvalue weighted by Crippen LogP contribution is 2.29. The van der Waals surface area contributed by atoms with E-state index in [1.807, 2.05) is 0 Å². The second kappa shape index (κ2) is 8.88. The molecule has 27 heavy (non-hydrogen) atoms. The second-order valence-electron chi connectivity index (χ2n) is 5.90. The molecule has 0 heterocycles. The summed E-state index contributed by atoms with van der Waals surface area (Å²) in [6.07, 6.45) is 0. The number of carbonyl (C=O) groups is 1. The summed E-state index contributed by atoms with van der Waals surface area (Å²) in [5.74, 6) is 0.482. The Labute approximate surface area is 159 Å². The zero-order chi connectivity index (χ0) is 20.0. The lowest BCUT2D eigenvalue weighted by Gasteiger charge is -2.18. The predicted molar refractivity (Wildman–Crippen MR) is 102 cm³/mol. The Morgan fingerprint density at radius 2 is 1.70 bits per heavy atom. The fraction of sp³-hybridized carbons (Fsp3) is 0.316. The fourth-order valence-corrected chi connectivity index (χ4v) is 4.01. The van der Waals surface area contributed by atoms with Gasteiger partial charge in [-0.3, -0.25) is 0 Å². The normalized spacial score (nSPS) is 12.3. The molecule has 0 aliphatic carbocycles. The number of methoxy groups -OCH3 is 3. The molecule has 0 aliphatic rings. The van der Waals surface area contributed by atoms with Crippen LogP contribution < -0.4 is 14.2 Å². The Bertz CT molecular complexity index is 893. The van der Waals surface area contributed by atoms with Gasteiger partial charge in [-0.2, -0.15) is 0 Å². The van der Waals surface area contributed by atoms with Gasteiger partial charge in [0.15, 0.2) is 0 Å². The smallest absolute Gasteiger partial charge is 0.337 e. The zero-order valence-electron chi connectivity index (χ0n) is 15.7. The van der Waals surface area contributed by atoms with Crippen LogP contribution in [-0.2, 0) is 20.5 Å². The molecule has 0 amide bonds. The van der Waals surface area contributed by atoms with Crippen molar-refractivity contribution in [2.24, 2.45) is 0 Å². The topological polar surface area (TPSA) is 90.9 Å². The average Bonchev–Trinajstić information content (AvgIpc) is 2.66. The molecule has 0 saturated carbocycles. The Balaban J connectivity index is 2.15. The number of ether oxygens (including phenoxy) is 3. The van der Waals surface area contributed by atoms with E-state index in [4.69, 9.17) is 9.47 Å². The van der Waals surface area contributed by atoms with E-state index >= 15 is 0 Å². The van der Waals surface area contributed by atoms with E-state index in [-0.39, 0.29) is 5.75 Å². The molecule has 146 valence electrons. The molecule has 1 N–H and O–H groups in total. The van der Waals surface area contributed by atoms with E-state index in [0.29, 0.717) is 28.2 Å². The Hall–Kier alpha value is -2.58. The van der Waals surface area contributed by atoms with Crippen molar-refractivity contribution < 1.29 is 27.4 Å². The molecule has 2 aromatic rings. The van der Waals surface area contributed by atoms with Crippen LogP contribution in [0.1, 0.15) is 34.5 Å². The van der Waals surface area contributed by atoms with Gasteiger partial charge in [0.1, 0.15) is 11.5 Å². The van der Waals surface area contributed by atoms with Crippen LogP contribution in [0.3, 0.4) is 0 Å². The SMILES string of the molecule is COC(=O)c1ccc(CS(=O)(=O)N[C@H](C)c2cc(OC)ccc2OC)cc1. The Morgan fingerprint density at radius 1 is 1.04 bits per heavy atom. The van der Waals surface area contributed by atoms with Crippen LogP contribution in [0.5, 0.6) is 11.5 Å². The summed E-state index contributed by atoms with van der Waals surface area (Å²) in [5, 5.41) is 0. The van der Waals surface area contributed by atoms with Gasteiger partial charge < -0.3 is 14.2 Å². The molecule has 7 nitrogen and oxygen atoms in total. The van der Waals surface area contributed by atoms with Crippen LogP contribution in [0.15, 0.2) is 42.5 Å². The van der Waals surface area contributed by atoms with Gasteiger partial charge in [-0.15, -0.1) is 0 Å². The van der Waals surface area contributed by atoms with Crippen LogP contribution in [0.4, 0.5) is 0 Å². The van der Waals surface area contributed by atoms with Crippen molar-refractivity contribution in [3.8, 4) is 11.5 Å². The Morgan fingerprint density at radius 3 is 2.26 bits per heavy atom. The molecule has 0 radical (unpaired) electrons. The molecule has 0 saturated heterocycles. The number of carbonyl (C=O) groups excluding carboxylic acids is 1. The standard InChI is InChI=1S/C19H23NO6S/c1-13(17-11-16(24-2)9-10-18(17)25-3)20-27(22,23)12-14-5-7-15(8-6-14)19(21)26-4/h5-11,13,20H,12H2,1-4H3/t13-/m1/s1. The maximum absolute atomic E-state index is 12.5. The predicted octanol–water partition coefficient (Wildman–Crippen LogP) is 2.67. The average molecular weight is 393 g/mol. The van der Waals surface area contributed by atoms with Gasteiger partial charge in [-0.25, -0.2) is 17.9 Å². The van der Waals surface area contributed by atoms with Gasteiger partial charge in [0.2, 0.25) is 10.0 Å². The summed E-state index contributed by atoms with van der Waals surface area (Å²) in [4.78, 5) is 11.5. The van der Waals surface area contributed by atoms with E-state index < -0.39 is 22.0 Å². The highest BCUT2D eigenvalue weighted by Gasteiger charge is 2.20. The number of benzene rings is 2. The molecule has 0 bridgehead atoms. The summed E-state index contributed by atoms with van der Waals surface area (Å²) in [6.45, 7) is 1.73. The van der Waals surface area contributed by atoms with Crippen molar-refractivity contribution in [2.75, 3.05) is 21.3 Å². The van der Waals surface area contributed by atoms with Crippen LogP contribution in [-0.4, -0.2) is 35.7 Å². The molecule has 2 rings (SSSR count). The maximum Gasteiger partial charge on any atom is 0.337 e. The summed E-state index contributed by atoms with van der Waals surface area (Å²) in [6, 6.07) is 10.9. The van der Waals surface area contributed by atoms with Crippen molar-refractivity contribution in [3.05, 3.63) is 59.2 Å². The summed E-state index contributed by atoms with van der Waals surface area (Å²) >= 11 is 0. The minimum Gasteiger partial charge on any atom is -0.497 e. The van der Waals surface area contributed by atoms with Crippen molar-refractivity contribution in [2.45, 2.75) is 18.7 Å². The number of esters is 1. The third-order valence-corrected chi connectivity index (χ3v) is 5.42. The van der Waals surface area contributed by atoms with E-state index in [1.165, 1.54) is 26.4 Å². The lowest BCUT2D eigenvalue weighted by atomic mass is 10.1. The summed E-state index contributed by atoms with van der Waals surface area (Å²) in [7, 11) is 0.726. The van der Waals surface area contributed by atoms with Crippen molar-refractivity contribution >= 4 is 16.0 Å². The first kappa shape index (κ1) is 20.7. The number of nitrogens with one attached hydrogen (secondary N) is 1. The van der Waals surface area contributed by atoms with E-state index in [2.05, 4.69) is 9.46 Å². The van der Waals surface area contributed by atoms with E-state index in [1.54, 1.807) is 44.4 Å². The molecule has 0 unspecified atom stereocenters. The van der Waals surface area contributed by atoms with Gasteiger partial charge in [-0.1, -0.05) is 12.1 Å². The van der Waals surface area contributed by atoms with Crippen molar-refractivity contribution in [3.63, 3.8) is 0 Å². The van der Waals surface area contributed by atoms with Gasteiger partial charge in [0.25, 0.3) is 0 Å². The van der Waals surface area contributed by atoms with E-state index in [0.717, 1.165) is 0 Å². The summed E-state index contributed by atoms with van der Waals surface area (Å²) in [5.41, 5.74) is 1.59. The zero-order valence-corrected chi connectivity index (χ0v) is 16.5. The first-order valence-corrected chi connectivity index (χ1v) is 9.84. The molecule has 8 heteroatoms. The summed E-state index contributed by atoms with van der Waals surface area (Å²) < 4.78 is 42.9. The van der Waals surface area contributed by atoms with Gasteiger partial charge in [0.05, 0.1) is 32.6 Å². The quantitative estimate of drug-likeness (QED) is 0.694. The van der Waals surface area contributed by atoms with Crippen LogP contribution in [0.2, 0.25) is 0 Å². The first-order valence-electron chi connectivity index (χ1n) is 8.19. The number of sulfonamides is 1. The molecular weight excluding hydrogens is 370 g/mol. The number of rotatable bonds is 8. The molecule has 0 aliphatic heterocycles. The lowest BCUT2D eigenvalue weighted by Crippen LogP contribution is -2.28. The van der Waals surface area contributed by atoms with Crippen molar-refractivity contribution in [1.29, 1.82) is 0 Å². The maximum atomic E-state index is 12.5. The first-order chi connectivity index (χ1) is 12.8. The van der Waals surface area contributed by atoms with Crippen LogP contribution in [0, 0.1) is 0 Å². The highest BCUT2D eigenvalue weighted by molar-refractivity contribution is 7.88. The van der Waals surface area contributed by atoms with Crippen LogP contribution in [0.25, 0.3) is 0 Å². The van der Waals surface area contributed by atoms with Gasteiger partial charge in [-0.05, 0) is 42.8 Å². The lowest BCUT2D eigenvalue weighted by molar-refractivity contribution is 0.0600. The van der Waals surface area contributed by atoms with Gasteiger partial charge in [0, 0.05) is 11.6 Å². The largest absolute Gasteiger partial charge is 0.497 e. The molecular formula is C19H23NO6S. The molecule has 2 aromatic carbocycles. The van der Waals surface area contributed by atoms with Crippen molar-refractivity contribution in [1.82, 2.24) is 4.72 Å². The highest BCUT2D eigenvalue weighted by atomic mass is 32.2. The number of hydrogen-bond donors (Lipinski definition) is 1. The molecule has 0 aromatic heterocycles. The number of hydrogen-bond acceptors (Lipinski definition) is 6. The molecule has 0 spiro atoms. The fourth-order valence-electron chi connectivity index (χ4n) is 2.63. The molecule has 1 atom stereocenters. The third-order valence-electron chi connectivity index (χ3n) is 3.99. The van der Waals surface area contributed by atoms with E-state index in [9.17, 15) is 13.2 Å². The minimum absolute atomic E-state index is 0.217. The third kappa shape index (κ3) is 5.45. The second-order valence-corrected chi connectivity index (χ2v) is 7.65. The molecule has 0 fully saturated rings. The minimum atomic E-state index is -3.63. The van der Waals surface area contributed by atoms with Crippen LogP contribution >= 0.6 is 0 Å². The monoisotopic (exact) mass is 393 g/mol. The Kier molecular flexibility index (Phi) is 6.81. The van der Waals surface area contributed by atoms with Gasteiger partial charge >= 0.3 is 5.97 Å².